The minimum absolute atomic E-state index is 0.0901. The van der Waals surface area contributed by atoms with Crippen LogP contribution in [0.5, 0.6) is 0 Å². The number of nitriles is 2. The van der Waals surface area contributed by atoms with Gasteiger partial charge in [-0.15, -0.1) is 0 Å². The van der Waals surface area contributed by atoms with Crippen LogP contribution in [-0.4, -0.2) is 18.4 Å². The summed E-state index contributed by atoms with van der Waals surface area (Å²) in [6.45, 7) is 2.12. The van der Waals surface area contributed by atoms with E-state index in [1.54, 1.807) is 0 Å². The molecule has 0 fully saturated rings. The van der Waals surface area contributed by atoms with Crippen molar-refractivity contribution in [3.63, 3.8) is 0 Å². The van der Waals surface area contributed by atoms with Gasteiger partial charge >= 0.3 is 5.97 Å². The van der Waals surface area contributed by atoms with Crippen molar-refractivity contribution in [3.05, 3.63) is 34.9 Å². The number of nitrogens with zero attached hydrogens (tertiary/aromatic N) is 2. The number of ether oxygens (including phenoxy) is 1. The molecule has 0 N–H and O–H groups in total. The second-order valence-electron chi connectivity index (χ2n) is 3.80. The van der Waals surface area contributed by atoms with E-state index >= 15 is 0 Å². The molecule has 0 unspecified atom stereocenters. The van der Waals surface area contributed by atoms with Gasteiger partial charge in [0.2, 0.25) is 0 Å². The molecule has 0 amide bonds. The Bertz CT molecular complexity index is 579. The van der Waals surface area contributed by atoms with E-state index < -0.39 is 18.2 Å². The first kappa shape index (κ1) is 14.4. The van der Waals surface area contributed by atoms with Crippen LogP contribution in [0, 0.1) is 22.7 Å². The molecule has 1 aromatic carbocycles. The largest absolute Gasteiger partial charge is 0.465 e. The number of hydrogen-bond acceptors (Lipinski definition) is 5. The minimum atomic E-state index is -0.611. The van der Waals surface area contributed by atoms with Crippen LogP contribution in [0.25, 0.3) is 0 Å². The molecular formula is C14H12N2O3. The zero-order chi connectivity index (χ0) is 14.3. The summed E-state index contributed by atoms with van der Waals surface area (Å²) in [5, 5.41) is 17.6. The molecule has 0 heterocycles. The third-order valence-electron chi connectivity index (χ3n) is 2.34. The first-order chi connectivity index (χ1) is 9.12. The van der Waals surface area contributed by atoms with Crippen molar-refractivity contribution < 1.29 is 14.3 Å². The number of Topliss-reactive ketones (excluding diaryl/α,β-unsaturated/α-hetero) is 1. The standard InChI is InChI=1S/C14H12N2O3/c1-2-5-19-14(18)7-13(17)12-4-3-10(8-15)6-11(12)9-16/h3-4,6H,2,5,7H2,1H3. The molecule has 5 nitrogen and oxygen atoms in total. The van der Waals surface area contributed by atoms with Crippen molar-refractivity contribution in [2.45, 2.75) is 19.8 Å². The van der Waals surface area contributed by atoms with Crippen molar-refractivity contribution in [1.29, 1.82) is 10.5 Å². The van der Waals surface area contributed by atoms with Crippen molar-refractivity contribution in [2.75, 3.05) is 6.61 Å². The summed E-state index contributed by atoms with van der Waals surface area (Å²) in [6.07, 6.45) is 0.279. The highest BCUT2D eigenvalue weighted by Gasteiger charge is 2.16. The number of esters is 1. The number of benzene rings is 1. The summed E-state index contributed by atoms with van der Waals surface area (Å²) in [6, 6.07) is 7.87. The molecular weight excluding hydrogens is 244 g/mol. The molecule has 0 spiro atoms. The van der Waals surface area contributed by atoms with Crippen LogP contribution in [0.15, 0.2) is 18.2 Å². The molecule has 1 rings (SSSR count). The van der Waals surface area contributed by atoms with Gasteiger partial charge in [-0.05, 0) is 24.6 Å². The quantitative estimate of drug-likeness (QED) is 0.456. The highest BCUT2D eigenvalue weighted by Crippen LogP contribution is 2.13. The molecule has 19 heavy (non-hydrogen) atoms. The summed E-state index contributed by atoms with van der Waals surface area (Å²) in [5.74, 6) is -1.10. The van der Waals surface area contributed by atoms with Crippen LogP contribution < -0.4 is 0 Å². The van der Waals surface area contributed by atoms with Gasteiger partial charge in [-0.25, -0.2) is 0 Å². The fourth-order valence-corrected chi connectivity index (χ4v) is 1.44. The molecule has 0 aliphatic rings. The maximum atomic E-state index is 11.9. The van der Waals surface area contributed by atoms with Gasteiger partial charge in [-0.2, -0.15) is 10.5 Å². The lowest BCUT2D eigenvalue weighted by atomic mass is 10.0. The second-order valence-corrected chi connectivity index (χ2v) is 3.80. The van der Waals surface area contributed by atoms with Crippen LogP contribution in [-0.2, 0) is 9.53 Å². The van der Waals surface area contributed by atoms with E-state index in [9.17, 15) is 9.59 Å². The van der Waals surface area contributed by atoms with Gasteiger partial charge < -0.3 is 4.74 Å². The Morgan fingerprint density at radius 1 is 1.26 bits per heavy atom. The van der Waals surface area contributed by atoms with Crippen molar-refractivity contribution in [2.24, 2.45) is 0 Å². The Hall–Kier alpha value is -2.66. The highest BCUT2D eigenvalue weighted by molar-refractivity contribution is 6.07. The second kappa shape index (κ2) is 6.93. The number of hydrogen-bond donors (Lipinski definition) is 0. The Kier molecular flexibility index (Phi) is 5.25. The van der Waals surface area contributed by atoms with Crippen LogP contribution in [0.2, 0.25) is 0 Å². The molecule has 0 radical (unpaired) electrons. The fraction of sp³-hybridized carbons (Fsp3) is 0.286. The van der Waals surface area contributed by atoms with E-state index in [0.717, 1.165) is 0 Å². The van der Waals surface area contributed by atoms with Gasteiger partial charge in [0.15, 0.2) is 5.78 Å². The molecule has 0 aromatic heterocycles. The molecule has 96 valence electrons. The average Bonchev–Trinajstić information content (AvgIpc) is 2.44. The molecule has 5 heteroatoms. The lowest BCUT2D eigenvalue weighted by Gasteiger charge is -2.04. The zero-order valence-corrected chi connectivity index (χ0v) is 10.5. The van der Waals surface area contributed by atoms with Crippen LogP contribution in [0.3, 0.4) is 0 Å². The summed E-state index contributed by atoms with van der Waals surface area (Å²) in [7, 11) is 0. The van der Waals surface area contributed by atoms with Gasteiger partial charge in [0.05, 0.1) is 29.9 Å². The fourth-order valence-electron chi connectivity index (χ4n) is 1.44. The predicted molar refractivity (Wildman–Crippen MR) is 66.1 cm³/mol. The average molecular weight is 256 g/mol. The first-order valence-corrected chi connectivity index (χ1v) is 5.75. The molecule has 0 atom stereocenters. The third kappa shape index (κ3) is 3.93. The van der Waals surface area contributed by atoms with Gasteiger partial charge in [0.1, 0.15) is 6.42 Å². The molecule has 0 saturated heterocycles. The van der Waals surface area contributed by atoms with Crippen molar-refractivity contribution in [3.8, 4) is 12.1 Å². The van der Waals surface area contributed by atoms with E-state index in [4.69, 9.17) is 15.3 Å². The smallest absolute Gasteiger partial charge is 0.313 e. The monoisotopic (exact) mass is 256 g/mol. The van der Waals surface area contributed by atoms with Crippen LogP contribution in [0.4, 0.5) is 0 Å². The predicted octanol–water partition coefficient (Wildman–Crippen LogP) is 1.96. The maximum Gasteiger partial charge on any atom is 0.313 e. The minimum Gasteiger partial charge on any atom is -0.465 e. The van der Waals surface area contributed by atoms with E-state index in [1.807, 2.05) is 19.1 Å². The molecule has 0 bridgehead atoms. The lowest BCUT2D eigenvalue weighted by molar-refractivity contribution is -0.142. The Balaban J connectivity index is 2.86. The lowest BCUT2D eigenvalue weighted by Crippen LogP contribution is -2.13. The SMILES string of the molecule is CCCOC(=O)CC(=O)c1ccc(C#N)cc1C#N. The third-order valence-corrected chi connectivity index (χ3v) is 2.34. The Morgan fingerprint density at radius 3 is 2.58 bits per heavy atom. The molecule has 0 aliphatic carbocycles. The Labute approximate surface area is 111 Å². The number of carbonyl (C=O) groups is 2. The summed E-state index contributed by atoms with van der Waals surface area (Å²) >= 11 is 0. The van der Waals surface area contributed by atoms with Crippen LogP contribution in [0.1, 0.15) is 41.3 Å². The number of ketones is 1. The molecule has 0 saturated carbocycles. The zero-order valence-electron chi connectivity index (χ0n) is 10.5. The van der Waals surface area contributed by atoms with Crippen LogP contribution >= 0.6 is 0 Å². The van der Waals surface area contributed by atoms with Gasteiger partial charge in [0, 0.05) is 5.56 Å². The maximum absolute atomic E-state index is 11.9. The van der Waals surface area contributed by atoms with E-state index in [1.165, 1.54) is 18.2 Å². The molecule has 0 aliphatic heterocycles. The van der Waals surface area contributed by atoms with Crippen molar-refractivity contribution in [1.82, 2.24) is 0 Å². The number of carbonyl (C=O) groups excluding carboxylic acids is 2. The Morgan fingerprint density at radius 2 is 2.00 bits per heavy atom. The first-order valence-electron chi connectivity index (χ1n) is 5.75. The van der Waals surface area contributed by atoms with E-state index in [0.29, 0.717) is 12.0 Å². The normalized spacial score (nSPS) is 9.21. The number of rotatable bonds is 5. The van der Waals surface area contributed by atoms with Gasteiger partial charge in [-0.1, -0.05) is 6.92 Å². The van der Waals surface area contributed by atoms with E-state index in [2.05, 4.69) is 0 Å². The highest BCUT2D eigenvalue weighted by atomic mass is 16.5. The molecule has 1 aromatic rings. The topological polar surface area (TPSA) is 90.9 Å². The summed E-state index contributed by atoms with van der Waals surface area (Å²) in [4.78, 5) is 23.2. The summed E-state index contributed by atoms with van der Waals surface area (Å²) < 4.78 is 4.81. The van der Waals surface area contributed by atoms with Crippen molar-refractivity contribution >= 4 is 11.8 Å². The summed E-state index contributed by atoms with van der Waals surface area (Å²) in [5.41, 5.74) is 0.518. The van der Waals surface area contributed by atoms with Gasteiger partial charge in [-0.3, -0.25) is 9.59 Å². The van der Waals surface area contributed by atoms with Gasteiger partial charge in [0.25, 0.3) is 0 Å². The van der Waals surface area contributed by atoms with E-state index in [-0.39, 0.29) is 17.7 Å².